The fourth-order valence-electron chi connectivity index (χ4n) is 0.784. The van der Waals surface area contributed by atoms with Crippen molar-refractivity contribution in [1.82, 2.24) is 9.97 Å². The summed E-state index contributed by atoms with van der Waals surface area (Å²) in [6.45, 7) is 4.14. The van der Waals surface area contributed by atoms with Crippen LogP contribution in [0.2, 0.25) is 0 Å². The fraction of sp³-hybridized carbons (Fsp3) is 0.500. The Kier molecular flexibility index (Phi) is 3.34. The second-order valence-electron chi connectivity index (χ2n) is 2.56. The molecule has 1 aromatic heterocycles. The number of nitrogen functional groups attached to an aromatic ring is 1. The molecule has 0 aliphatic heterocycles. The summed E-state index contributed by atoms with van der Waals surface area (Å²) in [7, 11) is 0. The van der Waals surface area contributed by atoms with Crippen LogP contribution in [0.5, 0.6) is 0 Å². The molecule has 0 spiro atoms. The quantitative estimate of drug-likeness (QED) is 0.574. The van der Waals surface area contributed by atoms with Gasteiger partial charge in [0.05, 0.1) is 0 Å². The second kappa shape index (κ2) is 4.30. The first-order valence-electron chi connectivity index (χ1n) is 3.96. The molecule has 2 N–H and O–H groups in total. The van der Waals surface area contributed by atoms with Crippen LogP contribution in [0.1, 0.15) is 18.9 Å². The van der Waals surface area contributed by atoms with Gasteiger partial charge in [0, 0.05) is 6.20 Å². The van der Waals surface area contributed by atoms with Gasteiger partial charge < -0.3 is 5.73 Å². The number of nitrogens with zero attached hydrogens (tertiary/aromatic N) is 2. The van der Waals surface area contributed by atoms with Gasteiger partial charge in [-0.3, -0.25) is 0 Å². The maximum Gasteiger partial charge on any atom is 0.221 e. The van der Waals surface area contributed by atoms with E-state index < -0.39 is 0 Å². The molecular formula is C8H13N3S. The zero-order valence-electron chi connectivity index (χ0n) is 7.37. The summed E-state index contributed by atoms with van der Waals surface area (Å²) in [5, 5.41) is 1.00. The molecule has 0 aliphatic carbocycles. The number of nitrogens with two attached hydrogens (primary N) is 1. The highest BCUT2D eigenvalue weighted by atomic mass is 32.2. The predicted molar refractivity (Wildman–Crippen MR) is 52.2 cm³/mol. The van der Waals surface area contributed by atoms with Gasteiger partial charge in [-0.2, -0.15) is 0 Å². The topological polar surface area (TPSA) is 51.8 Å². The van der Waals surface area contributed by atoms with Crippen LogP contribution in [0.25, 0.3) is 0 Å². The molecule has 0 aromatic carbocycles. The molecule has 0 bridgehead atoms. The van der Waals surface area contributed by atoms with Crippen LogP contribution < -0.4 is 5.73 Å². The van der Waals surface area contributed by atoms with Gasteiger partial charge in [-0.15, -0.1) is 11.8 Å². The van der Waals surface area contributed by atoms with E-state index in [0.29, 0.717) is 5.95 Å². The van der Waals surface area contributed by atoms with Gasteiger partial charge in [0.15, 0.2) is 0 Å². The fourth-order valence-corrected chi connectivity index (χ4v) is 1.62. The molecule has 0 unspecified atom stereocenters. The second-order valence-corrected chi connectivity index (χ2v) is 3.65. The number of rotatable bonds is 3. The normalized spacial score (nSPS) is 10.2. The zero-order valence-corrected chi connectivity index (χ0v) is 8.19. The van der Waals surface area contributed by atoms with Gasteiger partial charge in [-0.05, 0) is 24.7 Å². The molecule has 0 fully saturated rings. The molecule has 0 atom stereocenters. The van der Waals surface area contributed by atoms with E-state index in [1.807, 2.05) is 6.92 Å². The molecule has 0 saturated heterocycles. The SMILES string of the molecule is CCCSc1nc(N)ncc1C. The van der Waals surface area contributed by atoms with Crippen molar-refractivity contribution in [3.05, 3.63) is 11.8 Å². The summed E-state index contributed by atoms with van der Waals surface area (Å²) in [6, 6.07) is 0. The van der Waals surface area contributed by atoms with Crippen LogP contribution in [0.3, 0.4) is 0 Å². The minimum atomic E-state index is 0.360. The van der Waals surface area contributed by atoms with Crippen molar-refractivity contribution in [3.63, 3.8) is 0 Å². The average Bonchev–Trinajstić information content (AvgIpc) is 2.07. The smallest absolute Gasteiger partial charge is 0.221 e. The molecule has 1 rings (SSSR count). The molecule has 0 amide bonds. The Morgan fingerprint density at radius 3 is 3.00 bits per heavy atom. The third kappa shape index (κ3) is 2.37. The van der Waals surface area contributed by atoms with Crippen LogP contribution >= 0.6 is 11.8 Å². The molecule has 1 heterocycles. The van der Waals surface area contributed by atoms with Crippen molar-refractivity contribution in [2.24, 2.45) is 0 Å². The van der Waals surface area contributed by atoms with Gasteiger partial charge in [-0.25, -0.2) is 9.97 Å². The minimum absolute atomic E-state index is 0.360. The van der Waals surface area contributed by atoms with E-state index >= 15 is 0 Å². The summed E-state index contributed by atoms with van der Waals surface area (Å²) in [4.78, 5) is 8.04. The zero-order chi connectivity index (χ0) is 8.97. The summed E-state index contributed by atoms with van der Waals surface area (Å²) in [5.74, 6) is 1.44. The van der Waals surface area contributed by atoms with Gasteiger partial charge in [0.25, 0.3) is 0 Å². The van der Waals surface area contributed by atoms with Crippen molar-refractivity contribution < 1.29 is 0 Å². The highest BCUT2D eigenvalue weighted by molar-refractivity contribution is 7.99. The van der Waals surface area contributed by atoms with Gasteiger partial charge in [-0.1, -0.05) is 6.92 Å². The Morgan fingerprint density at radius 2 is 2.33 bits per heavy atom. The Hall–Kier alpha value is -0.770. The van der Waals surface area contributed by atoms with E-state index in [1.54, 1.807) is 18.0 Å². The molecule has 3 nitrogen and oxygen atoms in total. The highest BCUT2D eigenvalue weighted by Gasteiger charge is 2.00. The van der Waals surface area contributed by atoms with Crippen LogP contribution in [-0.4, -0.2) is 15.7 Å². The lowest BCUT2D eigenvalue weighted by Crippen LogP contribution is -1.97. The lowest BCUT2D eigenvalue weighted by Gasteiger charge is -2.02. The molecule has 0 saturated carbocycles. The molecule has 12 heavy (non-hydrogen) atoms. The molecule has 1 aromatic rings. The molecule has 0 aliphatic rings. The first kappa shape index (κ1) is 9.32. The molecule has 4 heteroatoms. The Labute approximate surface area is 76.8 Å². The first-order valence-corrected chi connectivity index (χ1v) is 4.94. The first-order chi connectivity index (χ1) is 5.74. The summed E-state index contributed by atoms with van der Waals surface area (Å²) >= 11 is 1.73. The lowest BCUT2D eigenvalue weighted by atomic mass is 10.4. The summed E-state index contributed by atoms with van der Waals surface area (Å²) < 4.78 is 0. The van der Waals surface area contributed by atoms with E-state index in [1.165, 1.54) is 0 Å². The highest BCUT2D eigenvalue weighted by Crippen LogP contribution is 2.19. The minimum Gasteiger partial charge on any atom is -0.368 e. The third-order valence-electron chi connectivity index (χ3n) is 1.39. The maximum atomic E-state index is 5.46. The van der Waals surface area contributed by atoms with E-state index in [4.69, 9.17) is 5.73 Å². The van der Waals surface area contributed by atoms with E-state index in [0.717, 1.165) is 22.8 Å². The molecule has 66 valence electrons. The predicted octanol–water partition coefficient (Wildman–Crippen LogP) is 1.87. The number of hydrogen-bond donors (Lipinski definition) is 1. The number of anilines is 1. The van der Waals surface area contributed by atoms with Gasteiger partial charge in [0.1, 0.15) is 5.03 Å². The van der Waals surface area contributed by atoms with E-state index in [-0.39, 0.29) is 0 Å². The monoisotopic (exact) mass is 183 g/mol. The van der Waals surface area contributed by atoms with Gasteiger partial charge in [0.2, 0.25) is 5.95 Å². The van der Waals surface area contributed by atoms with E-state index in [9.17, 15) is 0 Å². The Morgan fingerprint density at radius 1 is 1.58 bits per heavy atom. The van der Waals surface area contributed by atoms with Crippen molar-refractivity contribution in [3.8, 4) is 0 Å². The molecule has 0 radical (unpaired) electrons. The third-order valence-corrected chi connectivity index (χ3v) is 2.69. The van der Waals surface area contributed by atoms with Crippen molar-refractivity contribution in [1.29, 1.82) is 0 Å². The number of thioether (sulfide) groups is 1. The van der Waals surface area contributed by atoms with Crippen LogP contribution in [0, 0.1) is 6.92 Å². The lowest BCUT2D eigenvalue weighted by molar-refractivity contribution is 1.01. The van der Waals surface area contributed by atoms with Crippen LogP contribution in [-0.2, 0) is 0 Å². The number of aromatic nitrogens is 2. The average molecular weight is 183 g/mol. The number of hydrogen-bond acceptors (Lipinski definition) is 4. The van der Waals surface area contributed by atoms with Crippen molar-refractivity contribution in [2.45, 2.75) is 25.3 Å². The largest absolute Gasteiger partial charge is 0.368 e. The van der Waals surface area contributed by atoms with Crippen LogP contribution in [0.15, 0.2) is 11.2 Å². The summed E-state index contributed by atoms with van der Waals surface area (Å²) in [5.41, 5.74) is 6.56. The Bertz CT molecular complexity index is 262. The van der Waals surface area contributed by atoms with Crippen LogP contribution in [0.4, 0.5) is 5.95 Å². The molecular weight excluding hydrogens is 170 g/mol. The Balaban J connectivity index is 2.75. The summed E-state index contributed by atoms with van der Waals surface area (Å²) in [6.07, 6.45) is 2.91. The standard InChI is InChI=1S/C8H13N3S/c1-3-4-12-7-6(2)5-10-8(9)11-7/h5H,3-4H2,1-2H3,(H2,9,10,11). The maximum absolute atomic E-state index is 5.46. The van der Waals surface area contributed by atoms with E-state index in [2.05, 4.69) is 16.9 Å². The van der Waals surface area contributed by atoms with Gasteiger partial charge >= 0.3 is 0 Å². The van der Waals surface area contributed by atoms with Crippen molar-refractivity contribution >= 4 is 17.7 Å². The number of aryl methyl sites for hydroxylation is 1. The van der Waals surface area contributed by atoms with Crippen molar-refractivity contribution in [2.75, 3.05) is 11.5 Å².